The van der Waals surface area contributed by atoms with Gasteiger partial charge in [-0.15, -0.1) is 0 Å². The molecule has 1 aromatic heterocycles. The van der Waals surface area contributed by atoms with E-state index >= 15 is 0 Å². The fourth-order valence-corrected chi connectivity index (χ4v) is 8.45. The summed E-state index contributed by atoms with van der Waals surface area (Å²) in [6.07, 6.45) is 7.63. The van der Waals surface area contributed by atoms with Gasteiger partial charge in [-0.05, 0) is 120 Å². The number of carbonyl (C=O) groups excluding carboxylic acids is 3. The van der Waals surface area contributed by atoms with Crippen molar-refractivity contribution in [1.82, 2.24) is 9.88 Å². The van der Waals surface area contributed by atoms with Gasteiger partial charge in [0.1, 0.15) is 11.3 Å². The molecule has 1 amide bonds. The first kappa shape index (κ1) is 35.0. The number of methoxy groups -OCH3 is 1. The van der Waals surface area contributed by atoms with Crippen LogP contribution in [-0.2, 0) is 30.3 Å². The molecule has 0 spiro atoms. The molecule has 258 valence electrons. The highest BCUT2D eigenvalue weighted by molar-refractivity contribution is 5.95. The van der Waals surface area contributed by atoms with Crippen LogP contribution in [0.1, 0.15) is 101 Å². The highest BCUT2D eigenvalue weighted by atomic mass is 19.1. The standard InChI is InChI=1S/C37H51FN2O7/c1-37(2,3)47-33(42)20-27(21-38)23-6-8-25(9-7-23)35(43)40-16-15-29(24-10-12-28(46-4)13-11-24)34(40)32(41)18-22-5-14-30-26(17-22)19-31(39-30)36(44)45/h5,14,17,19,23-25,27-29,34,39H,6-13,15-16,18,20-21H2,1-4H3,(H,44,45)/t23?,24?,25?,27-,28?,29-,34-/m1/s1. The molecule has 2 N–H and O–H groups in total. The number of nitrogens with one attached hydrogen (secondary N) is 1. The zero-order chi connectivity index (χ0) is 33.9. The normalized spacial score (nSPS) is 27.5. The fourth-order valence-electron chi connectivity index (χ4n) is 8.45. The number of carbonyl (C=O) groups is 4. The largest absolute Gasteiger partial charge is 0.477 e. The minimum Gasteiger partial charge on any atom is -0.477 e. The number of aromatic carboxylic acids is 1. The number of fused-ring (bicyclic) bond motifs is 1. The van der Waals surface area contributed by atoms with Crippen LogP contribution in [0, 0.1) is 29.6 Å². The van der Waals surface area contributed by atoms with E-state index in [1.807, 2.05) is 17.0 Å². The number of esters is 1. The minimum atomic E-state index is -1.04. The molecule has 2 aromatic rings. The Labute approximate surface area is 276 Å². The molecule has 3 atom stereocenters. The second kappa shape index (κ2) is 14.9. The molecule has 2 saturated carbocycles. The maximum absolute atomic E-state index is 14.2. The summed E-state index contributed by atoms with van der Waals surface area (Å²) in [6, 6.07) is 6.58. The van der Waals surface area contributed by atoms with Gasteiger partial charge in [-0.1, -0.05) is 6.07 Å². The van der Waals surface area contributed by atoms with E-state index in [0.29, 0.717) is 43.7 Å². The second-order valence-electron chi connectivity index (χ2n) is 15.1. The van der Waals surface area contributed by atoms with Crippen LogP contribution in [0.2, 0.25) is 0 Å². The number of amides is 1. The summed E-state index contributed by atoms with van der Waals surface area (Å²) in [4.78, 5) is 57.0. The van der Waals surface area contributed by atoms with E-state index in [0.717, 1.165) is 43.1 Å². The Morgan fingerprint density at radius 2 is 1.70 bits per heavy atom. The van der Waals surface area contributed by atoms with Gasteiger partial charge in [-0.25, -0.2) is 4.79 Å². The van der Waals surface area contributed by atoms with Crippen LogP contribution in [0.4, 0.5) is 4.39 Å². The number of aromatic amines is 1. The van der Waals surface area contributed by atoms with Crippen LogP contribution in [0.25, 0.3) is 10.9 Å². The molecule has 3 aliphatic rings. The number of hydrogen-bond donors (Lipinski definition) is 2. The number of hydrogen-bond acceptors (Lipinski definition) is 6. The third-order valence-corrected chi connectivity index (χ3v) is 10.8. The van der Waals surface area contributed by atoms with Crippen molar-refractivity contribution in [1.29, 1.82) is 0 Å². The lowest BCUT2D eigenvalue weighted by Crippen LogP contribution is -2.48. The summed E-state index contributed by atoms with van der Waals surface area (Å²) in [5.74, 6) is -1.59. The van der Waals surface area contributed by atoms with Crippen molar-refractivity contribution < 1.29 is 38.1 Å². The van der Waals surface area contributed by atoms with Gasteiger partial charge in [-0.2, -0.15) is 0 Å². The molecule has 47 heavy (non-hydrogen) atoms. The number of H-pyrrole nitrogens is 1. The number of alkyl halides is 1. The molecule has 0 bridgehead atoms. The van der Waals surface area contributed by atoms with E-state index < -0.39 is 30.2 Å². The molecule has 10 heteroatoms. The number of Topliss-reactive ketones (excluding diaryl/α,β-unsaturated/α-hetero) is 1. The predicted octanol–water partition coefficient (Wildman–Crippen LogP) is 6.52. The first-order valence-electron chi connectivity index (χ1n) is 17.4. The molecule has 2 aliphatic carbocycles. The van der Waals surface area contributed by atoms with E-state index in [-0.39, 0.29) is 60.1 Å². The van der Waals surface area contributed by atoms with E-state index in [9.17, 15) is 28.7 Å². The van der Waals surface area contributed by atoms with E-state index in [1.165, 1.54) is 0 Å². The van der Waals surface area contributed by atoms with Gasteiger partial charge in [0.15, 0.2) is 5.78 Å². The van der Waals surface area contributed by atoms with E-state index in [1.54, 1.807) is 40.0 Å². The Morgan fingerprint density at radius 1 is 1.00 bits per heavy atom. The fraction of sp³-hybridized carbons (Fsp3) is 0.676. The number of carboxylic acids is 1. The third kappa shape index (κ3) is 8.42. The van der Waals surface area contributed by atoms with Crippen LogP contribution in [-0.4, -0.2) is 76.7 Å². The minimum absolute atomic E-state index is 0.0151. The summed E-state index contributed by atoms with van der Waals surface area (Å²) in [6.45, 7) is 5.36. The van der Waals surface area contributed by atoms with Gasteiger partial charge in [0.05, 0.1) is 25.2 Å². The van der Waals surface area contributed by atoms with Crippen molar-refractivity contribution in [2.75, 3.05) is 20.3 Å². The van der Waals surface area contributed by atoms with Crippen LogP contribution < -0.4 is 0 Å². The van der Waals surface area contributed by atoms with E-state index in [2.05, 4.69) is 4.98 Å². The van der Waals surface area contributed by atoms with Crippen LogP contribution in [0.5, 0.6) is 0 Å². The van der Waals surface area contributed by atoms with Crippen molar-refractivity contribution >= 4 is 34.5 Å². The van der Waals surface area contributed by atoms with Gasteiger partial charge in [0.2, 0.25) is 5.91 Å². The van der Waals surface area contributed by atoms with Gasteiger partial charge in [-0.3, -0.25) is 18.8 Å². The zero-order valence-electron chi connectivity index (χ0n) is 28.3. The lowest BCUT2D eigenvalue weighted by atomic mass is 9.73. The first-order chi connectivity index (χ1) is 22.4. The number of carboxylic acid groups (broad SMARTS) is 1. The van der Waals surface area contributed by atoms with Gasteiger partial charge in [0, 0.05) is 42.8 Å². The lowest BCUT2D eigenvalue weighted by Gasteiger charge is -2.38. The van der Waals surface area contributed by atoms with Crippen molar-refractivity contribution in [3.63, 3.8) is 0 Å². The van der Waals surface area contributed by atoms with Crippen molar-refractivity contribution in [2.45, 2.75) is 109 Å². The third-order valence-electron chi connectivity index (χ3n) is 10.8. The number of rotatable bonds is 11. The highest BCUT2D eigenvalue weighted by Gasteiger charge is 2.47. The van der Waals surface area contributed by atoms with Gasteiger partial charge < -0.3 is 24.5 Å². The van der Waals surface area contributed by atoms with E-state index in [4.69, 9.17) is 9.47 Å². The summed E-state index contributed by atoms with van der Waals surface area (Å²) in [5, 5.41) is 10.1. The summed E-state index contributed by atoms with van der Waals surface area (Å²) in [5.41, 5.74) is 0.967. The average Bonchev–Trinajstić information content (AvgIpc) is 3.68. The first-order valence-corrected chi connectivity index (χ1v) is 17.4. The monoisotopic (exact) mass is 654 g/mol. The van der Waals surface area contributed by atoms with Gasteiger partial charge in [0.25, 0.3) is 0 Å². The molecular weight excluding hydrogens is 603 g/mol. The summed E-state index contributed by atoms with van der Waals surface area (Å²) >= 11 is 0. The molecule has 1 aromatic carbocycles. The highest BCUT2D eigenvalue weighted by Crippen LogP contribution is 2.43. The maximum Gasteiger partial charge on any atom is 0.352 e. The van der Waals surface area contributed by atoms with Crippen LogP contribution in [0.15, 0.2) is 24.3 Å². The molecule has 1 saturated heterocycles. The lowest BCUT2D eigenvalue weighted by molar-refractivity contribution is -0.157. The summed E-state index contributed by atoms with van der Waals surface area (Å²) < 4.78 is 25.1. The molecular formula is C37H51FN2O7. The van der Waals surface area contributed by atoms with Crippen LogP contribution >= 0.6 is 0 Å². The molecule has 0 unspecified atom stereocenters. The Kier molecular flexibility index (Phi) is 11.1. The topological polar surface area (TPSA) is 126 Å². The van der Waals surface area contributed by atoms with Crippen LogP contribution in [0.3, 0.4) is 0 Å². The average molecular weight is 655 g/mol. The smallest absolute Gasteiger partial charge is 0.352 e. The SMILES string of the molecule is COC1CCC([C@H]2CCN(C(=O)C3CCC([C@@H](CF)CC(=O)OC(C)(C)C)CC3)[C@H]2C(=O)Cc2ccc3[nH]c(C(=O)O)cc3c2)CC1. The molecule has 9 nitrogen and oxygen atoms in total. The zero-order valence-corrected chi connectivity index (χ0v) is 28.3. The molecule has 3 fully saturated rings. The van der Waals surface area contributed by atoms with Crippen molar-refractivity contribution in [3.8, 4) is 0 Å². The molecule has 0 radical (unpaired) electrons. The molecule has 2 heterocycles. The van der Waals surface area contributed by atoms with Crippen molar-refractivity contribution in [2.24, 2.45) is 29.6 Å². The number of ether oxygens (including phenoxy) is 2. The Bertz CT molecular complexity index is 1430. The Morgan fingerprint density at radius 3 is 2.32 bits per heavy atom. The number of nitrogens with zero attached hydrogens (tertiary/aromatic N) is 1. The Balaban J connectivity index is 1.28. The Hall–Kier alpha value is -3.27. The van der Waals surface area contributed by atoms with Gasteiger partial charge >= 0.3 is 11.9 Å². The number of benzene rings is 1. The quantitative estimate of drug-likeness (QED) is 0.264. The number of aromatic nitrogens is 1. The summed E-state index contributed by atoms with van der Waals surface area (Å²) in [7, 11) is 1.75. The molecule has 1 aliphatic heterocycles. The predicted molar refractivity (Wildman–Crippen MR) is 176 cm³/mol. The molecule has 5 rings (SSSR count). The number of likely N-dealkylation sites (tertiary alicyclic amines) is 1. The maximum atomic E-state index is 14.2. The second-order valence-corrected chi connectivity index (χ2v) is 15.1. The van der Waals surface area contributed by atoms with Crippen molar-refractivity contribution in [3.05, 3.63) is 35.5 Å². The number of ketones is 1. The number of halogens is 1.